The van der Waals surface area contributed by atoms with Crippen molar-refractivity contribution >= 4 is 22.6 Å². The van der Waals surface area contributed by atoms with Crippen molar-refractivity contribution in [1.82, 2.24) is 14.3 Å². The number of anilines is 1. The fourth-order valence-electron chi connectivity index (χ4n) is 3.09. The zero-order valence-electron chi connectivity index (χ0n) is 13.3. The van der Waals surface area contributed by atoms with E-state index in [9.17, 15) is 13.6 Å². The van der Waals surface area contributed by atoms with Crippen LogP contribution in [0.1, 0.15) is 37.4 Å². The molecule has 132 valence electrons. The van der Waals surface area contributed by atoms with E-state index < -0.39 is 12.0 Å². The molecule has 6 nitrogen and oxygen atoms in total. The molecule has 1 aromatic rings. The molecule has 0 spiro atoms. The van der Waals surface area contributed by atoms with E-state index >= 15 is 0 Å². The van der Waals surface area contributed by atoms with E-state index in [0.29, 0.717) is 25.6 Å². The Bertz CT molecular complexity index is 612. The van der Waals surface area contributed by atoms with Crippen molar-refractivity contribution in [3.05, 3.63) is 5.82 Å². The van der Waals surface area contributed by atoms with Gasteiger partial charge in [-0.05, 0) is 12.8 Å². The van der Waals surface area contributed by atoms with Crippen LogP contribution in [-0.2, 0) is 9.53 Å². The average Bonchev–Trinajstić information content (AvgIpc) is 3.31. The third-order valence-electron chi connectivity index (χ3n) is 4.79. The summed E-state index contributed by atoms with van der Waals surface area (Å²) in [7, 11) is 0. The Labute approximate surface area is 143 Å². The van der Waals surface area contributed by atoms with Crippen LogP contribution in [0, 0.1) is 0 Å². The lowest BCUT2D eigenvalue weighted by Gasteiger charge is -2.37. The normalized spacial score (nSPS) is 27.3. The Balaban J connectivity index is 1.38. The Morgan fingerprint density at radius 1 is 1.25 bits per heavy atom. The average molecular weight is 358 g/mol. The van der Waals surface area contributed by atoms with Gasteiger partial charge in [0.2, 0.25) is 5.13 Å². The maximum Gasteiger partial charge on any atom is 0.253 e. The van der Waals surface area contributed by atoms with E-state index in [-0.39, 0.29) is 31.8 Å². The van der Waals surface area contributed by atoms with Crippen LogP contribution < -0.4 is 4.90 Å². The van der Waals surface area contributed by atoms with Crippen LogP contribution in [0.5, 0.6) is 0 Å². The summed E-state index contributed by atoms with van der Waals surface area (Å²) in [5, 5.41) is 0.822. The lowest BCUT2D eigenvalue weighted by Crippen LogP contribution is -2.53. The maximum atomic E-state index is 13.2. The van der Waals surface area contributed by atoms with Gasteiger partial charge in [0.1, 0.15) is 5.82 Å². The first-order valence-electron chi connectivity index (χ1n) is 8.39. The maximum absolute atomic E-state index is 13.2. The number of morpholine rings is 1. The SMILES string of the molecule is O=C(C1CN(c2nc(C3CC3)ns2)CCO1)N1CCC(F)(F)CC1. The van der Waals surface area contributed by atoms with Crippen LogP contribution in [-0.4, -0.2) is 65.0 Å². The van der Waals surface area contributed by atoms with E-state index in [1.54, 1.807) is 0 Å². The summed E-state index contributed by atoms with van der Waals surface area (Å²) < 4.78 is 36.5. The summed E-state index contributed by atoms with van der Waals surface area (Å²) >= 11 is 1.36. The fourth-order valence-corrected chi connectivity index (χ4v) is 3.87. The Morgan fingerprint density at radius 3 is 2.71 bits per heavy atom. The number of carbonyl (C=O) groups excluding carboxylic acids is 1. The van der Waals surface area contributed by atoms with Crippen LogP contribution >= 0.6 is 11.5 Å². The standard InChI is InChI=1S/C15H20F2N4O2S/c16-15(17)3-5-20(6-4-15)13(22)11-9-21(7-8-23-11)14-18-12(19-24-14)10-1-2-10/h10-11H,1-9H2. The number of likely N-dealkylation sites (tertiary alicyclic amines) is 1. The van der Waals surface area contributed by atoms with Crippen molar-refractivity contribution in [3.63, 3.8) is 0 Å². The molecule has 3 aliphatic rings. The highest BCUT2D eigenvalue weighted by molar-refractivity contribution is 7.09. The van der Waals surface area contributed by atoms with Gasteiger partial charge in [-0.15, -0.1) is 0 Å². The van der Waals surface area contributed by atoms with E-state index in [4.69, 9.17) is 4.74 Å². The number of ether oxygens (including phenoxy) is 1. The lowest BCUT2D eigenvalue weighted by atomic mass is 10.1. The molecule has 1 unspecified atom stereocenters. The summed E-state index contributed by atoms with van der Waals surface area (Å²) in [6.45, 7) is 1.69. The van der Waals surface area contributed by atoms with Gasteiger partial charge in [0.05, 0.1) is 13.2 Å². The van der Waals surface area contributed by atoms with Gasteiger partial charge in [0, 0.05) is 49.9 Å². The van der Waals surface area contributed by atoms with Gasteiger partial charge < -0.3 is 14.5 Å². The molecule has 2 saturated heterocycles. The molecule has 0 N–H and O–H groups in total. The molecule has 9 heteroatoms. The third kappa shape index (κ3) is 3.37. The molecule has 0 radical (unpaired) electrons. The molecule has 1 aliphatic carbocycles. The first-order valence-corrected chi connectivity index (χ1v) is 9.16. The minimum absolute atomic E-state index is 0.0936. The summed E-state index contributed by atoms with van der Waals surface area (Å²) in [5.41, 5.74) is 0. The molecule has 3 fully saturated rings. The van der Waals surface area contributed by atoms with Crippen molar-refractivity contribution in [1.29, 1.82) is 0 Å². The van der Waals surface area contributed by atoms with Crippen molar-refractivity contribution in [2.75, 3.05) is 37.7 Å². The summed E-state index contributed by atoms with van der Waals surface area (Å²) in [6, 6.07) is 0. The molecule has 1 amide bonds. The summed E-state index contributed by atoms with van der Waals surface area (Å²) in [5.74, 6) is -1.43. The molecule has 0 aromatic carbocycles. The molecule has 24 heavy (non-hydrogen) atoms. The van der Waals surface area contributed by atoms with Gasteiger partial charge in [0.25, 0.3) is 11.8 Å². The van der Waals surface area contributed by atoms with E-state index in [1.165, 1.54) is 16.4 Å². The number of alkyl halides is 2. The van der Waals surface area contributed by atoms with Crippen LogP contribution in [0.2, 0.25) is 0 Å². The van der Waals surface area contributed by atoms with E-state index in [2.05, 4.69) is 9.36 Å². The van der Waals surface area contributed by atoms with Crippen molar-refractivity contribution in [2.24, 2.45) is 0 Å². The minimum Gasteiger partial charge on any atom is -0.365 e. The number of nitrogens with zero attached hydrogens (tertiary/aromatic N) is 4. The number of rotatable bonds is 3. The zero-order chi connectivity index (χ0) is 16.7. The highest BCUT2D eigenvalue weighted by Crippen LogP contribution is 2.40. The van der Waals surface area contributed by atoms with Crippen molar-refractivity contribution in [3.8, 4) is 0 Å². The molecule has 2 aliphatic heterocycles. The predicted molar refractivity (Wildman–Crippen MR) is 84.6 cm³/mol. The van der Waals surface area contributed by atoms with Crippen LogP contribution in [0.15, 0.2) is 0 Å². The van der Waals surface area contributed by atoms with Gasteiger partial charge in [-0.3, -0.25) is 4.79 Å². The van der Waals surface area contributed by atoms with E-state index in [1.807, 2.05) is 4.90 Å². The second-order valence-corrected chi connectivity index (χ2v) is 7.43. The first-order chi connectivity index (χ1) is 11.5. The summed E-state index contributed by atoms with van der Waals surface area (Å²) in [6.07, 6.45) is 1.16. The summed E-state index contributed by atoms with van der Waals surface area (Å²) in [4.78, 5) is 20.7. The van der Waals surface area contributed by atoms with Gasteiger partial charge in [0.15, 0.2) is 6.10 Å². The Kier molecular flexibility index (Phi) is 4.16. The Hall–Kier alpha value is -1.35. The topological polar surface area (TPSA) is 58.6 Å². The molecule has 1 atom stereocenters. The van der Waals surface area contributed by atoms with Gasteiger partial charge in [-0.25, -0.2) is 13.8 Å². The molecule has 3 heterocycles. The largest absolute Gasteiger partial charge is 0.365 e. The van der Waals surface area contributed by atoms with Gasteiger partial charge in [-0.1, -0.05) is 0 Å². The molecular weight excluding hydrogens is 338 g/mol. The number of carbonyl (C=O) groups is 1. The smallest absolute Gasteiger partial charge is 0.253 e. The van der Waals surface area contributed by atoms with Gasteiger partial charge >= 0.3 is 0 Å². The van der Waals surface area contributed by atoms with Crippen LogP contribution in [0.4, 0.5) is 13.9 Å². The van der Waals surface area contributed by atoms with Crippen molar-refractivity contribution < 1.29 is 18.3 Å². The monoisotopic (exact) mass is 358 g/mol. The first kappa shape index (κ1) is 16.1. The molecular formula is C15H20F2N4O2S. The number of halogens is 2. The van der Waals surface area contributed by atoms with Crippen molar-refractivity contribution in [2.45, 2.75) is 43.6 Å². The number of hydrogen-bond acceptors (Lipinski definition) is 6. The predicted octanol–water partition coefficient (Wildman–Crippen LogP) is 1.88. The lowest BCUT2D eigenvalue weighted by molar-refractivity contribution is -0.150. The molecule has 0 bridgehead atoms. The number of hydrogen-bond donors (Lipinski definition) is 0. The van der Waals surface area contributed by atoms with E-state index in [0.717, 1.165) is 23.8 Å². The quantitative estimate of drug-likeness (QED) is 0.826. The zero-order valence-corrected chi connectivity index (χ0v) is 14.1. The highest BCUT2D eigenvalue weighted by Gasteiger charge is 2.39. The second kappa shape index (κ2) is 6.18. The highest BCUT2D eigenvalue weighted by atomic mass is 32.1. The van der Waals surface area contributed by atoms with Gasteiger partial charge in [-0.2, -0.15) is 4.37 Å². The molecule has 1 saturated carbocycles. The molecule has 4 rings (SSSR count). The Morgan fingerprint density at radius 2 is 2.00 bits per heavy atom. The van der Waals surface area contributed by atoms with Crippen LogP contribution in [0.3, 0.4) is 0 Å². The number of amides is 1. The minimum atomic E-state index is -2.65. The number of aromatic nitrogens is 2. The fraction of sp³-hybridized carbons (Fsp3) is 0.800. The number of piperidine rings is 1. The van der Waals surface area contributed by atoms with Crippen LogP contribution in [0.25, 0.3) is 0 Å². The second-order valence-electron chi connectivity index (χ2n) is 6.70. The third-order valence-corrected chi connectivity index (χ3v) is 5.58. The molecule has 1 aromatic heterocycles.